The van der Waals surface area contributed by atoms with E-state index in [1.54, 1.807) is 0 Å². The number of hydrogen-bond donors (Lipinski definition) is 3. The summed E-state index contributed by atoms with van der Waals surface area (Å²) in [5.74, 6) is -2.07. The summed E-state index contributed by atoms with van der Waals surface area (Å²) in [7, 11) is 0. The van der Waals surface area contributed by atoms with Crippen LogP contribution in [-0.4, -0.2) is 22.1 Å². The van der Waals surface area contributed by atoms with Crippen LogP contribution in [0.2, 0.25) is 0 Å². The summed E-state index contributed by atoms with van der Waals surface area (Å²) in [6.45, 7) is 0. The molecule has 1 amide bonds. The molecule has 5 heteroatoms. The van der Waals surface area contributed by atoms with E-state index in [-0.39, 0.29) is 11.3 Å². The van der Waals surface area contributed by atoms with E-state index in [2.05, 4.69) is 0 Å². The minimum Gasteiger partial charge on any atom is -0.508 e. The van der Waals surface area contributed by atoms with E-state index < -0.39 is 11.9 Å². The van der Waals surface area contributed by atoms with Gasteiger partial charge in [0.05, 0.1) is 5.57 Å². The summed E-state index contributed by atoms with van der Waals surface area (Å²) in [6, 6.07) is 5.43. The zero-order valence-electron chi connectivity index (χ0n) is 7.68. The molecule has 15 heavy (non-hydrogen) atoms. The highest BCUT2D eigenvalue weighted by atomic mass is 16.4. The molecule has 4 N–H and O–H groups in total. The Kier molecular flexibility index (Phi) is 3.07. The van der Waals surface area contributed by atoms with E-state index in [0.29, 0.717) is 5.56 Å². The normalized spacial score (nSPS) is 11.1. The maximum Gasteiger partial charge on any atom is 0.336 e. The van der Waals surface area contributed by atoms with Crippen molar-refractivity contribution in [1.29, 1.82) is 0 Å². The number of benzene rings is 1. The molecular formula is C10H9NO4. The molecule has 0 unspecified atom stereocenters. The SMILES string of the molecule is NC(=O)/C=C(\C(=O)O)c1ccc(O)cc1. The van der Waals surface area contributed by atoms with Crippen LogP contribution in [0.4, 0.5) is 0 Å². The molecule has 0 bridgehead atoms. The van der Waals surface area contributed by atoms with Gasteiger partial charge in [-0.1, -0.05) is 12.1 Å². The van der Waals surface area contributed by atoms with Crippen molar-refractivity contribution in [3.05, 3.63) is 35.9 Å². The number of carboxylic acids is 1. The lowest BCUT2D eigenvalue weighted by molar-refractivity contribution is -0.130. The van der Waals surface area contributed by atoms with Crippen molar-refractivity contribution >= 4 is 17.4 Å². The van der Waals surface area contributed by atoms with Crippen molar-refractivity contribution in [2.45, 2.75) is 0 Å². The van der Waals surface area contributed by atoms with Gasteiger partial charge in [-0.05, 0) is 17.7 Å². The lowest BCUT2D eigenvalue weighted by Crippen LogP contribution is -2.10. The van der Waals surface area contributed by atoms with E-state index in [9.17, 15) is 9.59 Å². The first-order chi connectivity index (χ1) is 7.00. The molecule has 1 aromatic rings. The van der Waals surface area contributed by atoms with Crippen molar-refractivity contribution in [3.8, 4) is 5.75 Å². The number of carbonyl (C=O) groups is 2. The second-order valence-electron chi connectivity index (χ2n) is 2.81. The molecular weight excluding hydrogens is 198 g/mol. The summed E-state index contributed by atoms with van der Waals surface area (Å²) < 4.78 is 0. The van der Waals surface area contributed by atoms with E-state index in [0.717, 1.165) is 6.08 Å². The fourth-order valence-corrected chi connectivity index (χ4v) is 1.05. The van der Waals surface area contributed by atoms with Crippen molar-refractivity contribution in [2.75, 3.05) is 0 Å². The second-order valence-corrected chi connectivity index (χ2v) is 2.81. The Balaban J connectivity index is 3.16. The van der Waals surface area contributed by atoms with E-state index in [4.69, 9.17) is 15.9 Å². The number of aliphatic carboxylic acids is 1. The molecule has 0 atom stereocenters. The largest absolute Gasteiger partial charge is 0.508 e. The topological polar surface area (TPSA) is 101 Å². The molecule has 0 aliphatic carbocycles. The molecule has 0 saturated heterocycles. The highest BCUT2D eigenvalue weighted by Gasteiger charge is 2.11. The Labute approximate surface area is 85.5 Å². The zero-order chi connectivity index (χ0) is 11.4. The number of phenols is 1. The highest BCUT2D eigenvalue weighted by Crippen LogP contribution is 2.17. The van der Waals surface area contributed by atoms with Crippen molar-refractivity contribution in [3.63, 3.8) is 0 Å². The average Bonchev–Trinajstić information content (AvgIpc) is 2.15. The van der Waals surface area contributed by atoms with Crippen LogP contribution < -0.4 is 5.73 Å². The Morgan fingerprint density at radius 3 is 2.13 bits per heavy atom. The van der Waals surface area contributed by atoms with E-state index >= 15 is 0 Å². The molecule has 0 aliphatic heterocycles. The molecule has 0 heterocycles. The summed E-state index contributed by atoms with van der Waals surface area (Å²) in [6.07, 6.45) is 0.828. The van der Waals surface area contributed by atoms with Gasteiger partial charge in [0.15, 0.2) is 0 Å². The average molecular weight is 207 g/mol. The maximum atomic E-state index is 10.8. The van der Waals surface area contributed by atoms with Crippen molar-refractivity contribution in [2.24, 2.45) is 5.73 Å². The Bertz CT molecular complexity index is 420. The molecule has 0 aliphatic rings. The van der Waals surface area contributed by atoms with Crippen LogP contribution in [0.5, 0.6) is 5.75 Å². The quantitative estimate of drug-likeness (QED) is 0.622. The number of aromatic hydroxyl groups is 1. The third-order valence-electron chi connectivity index (χ3n) is 1.70. The fourth-order valence-electron chi connectivity index (χ4n) is 1.05. The van der Waals surface area contributed by atoms with Gasteiger partial charge in [-0.3, -0.25) is 4.79 Å². The van der Waals surface area contributed by atoms with Gasteiger partial charge in [0.1, 0.15) is 5.75 Å². The number of nitrogens with two attached hydrogens (primary N) is 1. The molecule has 1 aromatic carbocycles. The number of carboxylic acid groups (broad SMARTS) is 1. The van der Waals surface area contributed by atoms with Gasteiger partial charge in [0.25, 0.3) is 0 Å². The first kappa shape index (κ1) is 10.8. The number of phenolic OH excluding ortho intramolecular Hbond substituents is 1. The summed E-state index contributed by atoms with van der Waals surface area (Å²) >= 11 is 0. The Morgan fingerprint density at radius 1 is 1.20 bits per heavy atom. The number of hydrogen-bond acceptors (Lipinski definition) is 3. The van der Waals surface area contributed by atoms with E-state index in [1.165, 1.54) is 24.3 Å². The molecule has 0 fully saturated rings. The lowest BCUT2D eigenvalue weighted by atomic mass is 10.1. The third kappa shape index (κ3) is 2.84. The van der Waals surface area contributed by atoms with Crippen LogP contribution >= 0.6 is 0 Å². The van der Waals surface area contributed by atoms with Crippen molar-refractivity contribution in [1.82, 2.24) is 0 Å². The van der Waals surface area contributed by atoms with Crippen LogP contribution in [0.25, 0.3) is 5.57 Å². The van der Waals surface area contributed by atoms with Crippen LogP contribution in [-0.2, 0) is 9.59 Å². The first-order valence-electron chi connectivity index (χ1n) is 4.04. The number of carbonyl (C=O) groups excluding carboxylic acids is 1. The summed E-state index contributed by atoms with van der Waals surface area (Å²) in [5, 5.41) is 17.8. The second kappa shape index (κ2) is 4.28. The summed E-state index contributed by atoms with van der Waals surface area (Å²) in [4.78, 5) is 21.4. The van der Waals surface area contributed by atoms with Crippen LogP contribution in [0, 0.1) is 0 Å². The van der Waals surface area contributed by atoms with Gasteiger partial charge in [-0.2, -0.15) is 0 Å². The number of rotatable bonds is 3. The Hall–Kier alpha value is -2.30. The van der Waals surface area contributed by atoms with E-state index in [1.807, 2.05) is 0 Å². The van der Waals surface area contributed by atoms with Gasteiger partial charge in [-0.25, -0.2) is 4.79 Å². The highest BCUT2D eigenvalue weighted by molar-refractivity contribution is 6.20. The number of primary amides is 1. The lowest BCUT2D eigenvalue weighted by Gasteiger charge is -2.01. The molecule has 0 spiro atoms. The van der Waals surface area contributed by atoms with Crippen LogP contribution in [0.3, 0.4) is 0 Å². The molecule has 1 rings (SSSR count). The molecule has 78 valence electrons. The minimum atomic E-state index is -1.25. The monoisotopic (exact) mass is 207 g/mol. The van der Waals surface area contributed by atoms with Gasteiger partial charge >= 0.3 is 5.97 Å². The smallest absolute Gasteiger partial charge is 0.336 e. The molecule has 5 nitrogen and oxygen atoms in total. The standard InChI is InChI=1S/C10H9NO4/c11-9(13)5-8(10(14)15)6-1-3-7(12)4-2-6/h1-5,12H,(H2,11,13)(H,14,15)/b8-5-. The zero-order valence-corrected chi connectivity index (χ0v) is 7.68. The van der Waals surface area contributed by atoms with Gasteiger partial charge in [-0.15, -0.1) is 0 Å². The van der Waals surface area contributed by atoms with Gasteiger partial charge in [0, 0.05) is 6.08 Å². The molecule has 0 aromatic heterocycles. The Morgan fingerprint density at radius 2 is 1.73 bits per heavy atom. The predicted octanol–water partition coefficient (Wildman–Crippen LogP) is 0.345. The fraction of sp³-hybridized carbons (Fsp3) is 0. The molecule has 0 saturated carbocycles. The van der Waals surface area contributed by atoms with Crippen LogP contribution in [0.15, 0.2) is 30.3 Å². The minimum absolute atomic E-state index is 0.0163. The summed E-state index contributed by atoms with van der Waals surface area (Å²) in [5.41, 5.74) is 4.97. The molecule has 0 radical (unpaired) electrons. The third-order valence-corrected chi connectivity index (χ3v) is 1.70. The van der Waals surface area contributed by atoms with Gasteiger partial charge in [0.2, 0.25) is 5.91 Å². The van der Waals surface area contributed by atoms with Gasteiger partial charge < -0.3 is 15.9 Å². The predicted molar refractivity (Wildman–Crippen MR) is 52.9 cm³/mol. The van der Waals surface area contributed by atoms with Crippen molar-refractivity contribution < 1.29 is 19.8 Å². The maximum absolute atomic E-state index is 10.8. The number of amides is 1. The van der Waals surface area contributed by atoms with Crippen LogP contribution in [0.1, 0.15) is 5.56 Å². The first-order valence-corrected chi connectivity index (χ1v) is 4.04.